The largest absolute Gasteiger partial charge is 0.408 e. The molecular formula is C10H8Cl3N3O. The van der Waals surface area contributed by atoms with Gasteiger partial charge in [0.1, 0.15) is 0 Å². The lowest BCUT2D eigenvalue weighted by molar-refractivity contribution is 0.516. The second-order valence-corrected chi connectivity index (χ2v) is 4.33. The third-order valence-corrected chi connectivity index (χ3v) is 2.98. The fourth-order valence-corrected chi connectivity index (χ4v) is 1.71. The molecule has 0 unspecified atom stereocenters. The standard InChI is InChI=1S/C10H8Cl3N3O/c11-5-4-8-15-16-10(17-8)14-7-3-1-2-6(12)9(7)13/h1-3H,4-5H2,(H,14,16). The van der Waals surface area contributed by atoms with E-state index in [-0.39, 0.29) is 6.01 Å². The van der Waals surface area contributed by atoms with Gasteiger partial charge in [0, 0.05) is 12.3 Å². The second-order valence-electron chi connectivity index (χ2n) is 3.17. The smallest absolute Gasteiger partial charge is 0.320 e. The summed E-state index contributed by atoms with van der Waals surface area (Å²) in [5, 5.41) is 11.4. The first-order valence-corrected chi connectivity index (χ1v) is 6.09. The number of nitrogens with zero attached hydrogens (tertiary/aromatic N) is 2. The quantitative estimate of drug-likeness (QED) is 0.868. The first kappa shape index (κ1) is 12.5. The topological polar surface area (TPSA) is 51.0 Å². The maximum Gasteiger partial charge on any atom is 0.320 e. The molecule has 0 radical (unpaired) electrons. The van der Waals surface area contributed by atoms with Gasteiger partial charge in [-0.25, -0.2) is 0 Å². The summed E-state index contributed by atoms with van der Waals surface area (Å²) in [7, 11) is 0. The fraction of sp³-hybridized carbons (Fsp3) is 0.200. The van der Waals surface area contributed by atoms with E-state index >= 15 is 0 Å². The van der Waals surface area contributed by atoms with Crippen molar-refractivity contribution in [3.05, 3.63) is 34.1 Å². The van der Waals surface area contributed by atoms with E-state index in [2.05, 4.69) is 15.5 Å². The molecule has 0 fully saturated rings. The van der Waals surface area contributed by atoms with Crippen LogP contribution in [0.5, 0.6) is 0 Å². The Morgan fingerprint density at radius 3 is 2.82 bits per heavy atom. The van der Waals surface area contributed by atoms with Crippen LogP contribution in [0.3, 0.4) is 0 Å². The van der Waals surface area contributed by atoms with Crippen LogP contribution in [0.2, 0.25) is 10.0 Å². The van der Waals surface area contributed by atoms with Crippen LogP contribution in [0.4, 0.5) is 11.7 Å². The zero-order valence-electron chi connectivity index (χ0n) is 8.58. The van der Waals surface area contributed by atoms with Crippen LogP contribution < -0.4 is 5.32 Å². The van der Waals surface area contributed by atoms with Gasteiger partial charge in [-0.05, 0) is 12.1 Å². The Kier molecular flexibility index (Phi) is 4.10. The Labute approximate surface area is 113 Å². The van der Waals surface area contributed by atoms with Crippen molar-refractivity contribution in [1.82, 2.24) is 10.2 Å². The average molecular weight is 293 g/mol. The van der Waals surface area contributed by atoms with Crippen molar-refractivity contribution in [2.24, 2.45) is 0 Å². The highest BCUT2D eigenvalue weighted by Gasteiger charge is 2.09. The van der Waals surface area contributed by atoms with Gasteiger partial charge >= 0.3 is 6.01 Å². The number of halogens is 3. The molecule has 0 spiro atoms. The SMILES string of the molecule is ClCCc1nnc(Nc2cccc(Cl)c2Cl)o1. The third kappa shape index (κ3) is 3.03. The molecule has 0 aliphatic carbocycles. The zero-order valence-corrected chi connectivity index (χ0v) is 10.9. The Morgan fingerprint density at radius 1 is 1.24 bits per heavy atom. The van der Waals surface area contributed by atoms with E-state index in [1.807, 2.05) is 0 Å². The number of aromatic nitrogens is 2. The van der Waals surface area contributed by atoms with Crippen molar-refractivity contribution in [1.29, 1.82) is 0 Å². The molecule has 0 amide bonds. The molecule has 2 rings (SSSR count). The lowest BCUT2D eigenvalue weighted by atomic mass is 10.3. The van der Waals surface area contributed by atoms with Crippen LogP contribution in [0.25, 0.3) is 0 Å². The fourth-order valence-electron chi connectivity index (χ4n) is 1.20. The average Bonchev–Trinajstić information content (AvgIpc) is 2.73. The molecule has 0 saturated heterocycles. The minimum absolute atomic E-state index is 0.259. The van der Waals surface area contributed by atoms with E-state index in [1.54, 1.807) is 18.2 Å². The summed E-state index contributed by atoms with van der Waals surface area (Å²) in [4.78, 5) is 0. The molecule has 2 aromatic rings. The van der Waals surface area contributed by atoms with Crippen molar-refractivity contribution in [3.63, 3.8) is 0 Å². The summed E-state index contributed by atoms with van der Waals surface area (Å²) in [5.74, 6) is 0.903. The molecule has 90 valence electrons. The van der Waals surface area contributed by atoms with Gasteiger partial charge < -0.3 is 9.73 Å². The first-order chi connectivity index (χ1) is 8.20. The number of hydrogen-bond donors (Lipinski definition) is 1. The van der Waals surface area contributed by atoms with E-state index in [9.17, 15) is 0 Å². The summed E-state index contributed by atoms with van der Waals surface area (Å²) < 4.78 is 5.30. The Bertz CT molecular complexity index is 515. The van der Waals surface area contributed by atoms with Gasteiger partial charge in [-0.1, -0.05) is 34.4 Å². The number of rotatable bonds is 4. The minimum Gasteiger partial charge on any atom is -0.408 e. The van der Waals surface area contributed by atoms with Gasteiger partial charge in [0.25, 0.3) is 0 Å². The number of benzene rings is 1. The van der Waals surface area contributed by atoms with Crippen LogP contribution in [0, 0.1) is 0 Å². The van der Waals surface area contributed by atoms with Crippen molar-refractivity contribution in [3.8, 4) is 0 Å². The van der Waals surface area contributed by atoms with Crippen LogP contribution >= 0.6 is 34.8 Å². The third-order valence-electron chi connectivity index (χ3n) is 1.97. The Hall–Kier alpha value is -0.970. The molecule has 0 atom stereocenters. The zero-order chi connectivity index (χ0) is 12.3. The van der Waals surface area contributed by atoms with Gasteiger partial charge in [0.15, 0.2) is 0 Å². The summed E-state index contributed by atoms with van der Waals surface area (Å²) in [5.41, 5.74) is 0.611. The summed E-state index contributed by atoms with van der Waals surface area (Å²) in [6.07, 6.45) is 0.527. The van der Waals surface area contributed by atoms with Crippen LogP contribution in [-0.4, -0.2) is 16.1 Å². The lowest BCUT2D eigenvalue weighted by Crippen LogP contribution is -1.91. The first-order valence-electron chi connectivity index (χ1n) is 4.80. The maximum atomic E-state index is 6.01. The predicted molar refractivity (Wildman–Crippen MR) is 68.5 cm³/mol. The molecule has 7 heteroatoms. The normalized spacial score (nSPS) is 10.5. The van der Waals surface area contributed by atoms with Crippen molar-refractivity contribution in [2.45, 2.75) is 6.42 Å². The summed E-state index contributed by atoms with van der Waals surface area (Å²) in [6, 6.07) is 5.49. The lowest BCUT2D eigenvalue weighted by Gasteiger charge is -2.04. The second kappa shape index (κ2) is 5.58. The van der Waals surface area contributed by atoms with E-state index < -0.39 is 0 Å². The van der Waals surface area contributed by atoms with E-state index in [0.717, 1.165) is 0 Å². The number of anilines is 2. The number of alkyl halides is 1. The highest BCUT2D eigenvalue weighted by atomic mass is 35.5. The molecule has 1 aromatic carbocycles. The maximum absolute atomic E-state index is 6.01. The molecule has 0 aliphatic heterocycles. The predicted octanol–water partition coefficient (Wildman–Crippen LogP) is 3.90. The molecule has 0 bridgehead atoms. The van der Waals surface area contributed by atoms with Gasteiger partial charge in [0.05, 0.1) is 15.7 Å². The molecular weight excluding hydrogens is 284 g/mol. The molecule has 17 heavy (non-hydrogen) atoms. The van der Waals surface area contributed by atoms with Gasteiger partial charge in [-0.2, -0.15) is 0 Å². The molecule has 1 N–H and O–H groups in total. The van der Waals surface area contributed by atoms with Crippen molar-refractivity contribution in [2.75, 3.05) is 11.2 Å². The highest BCUT2D eigenvalue weighted by molar-refractivity contribution is 6.43. The van der Waals surface area contributed by atoms with Gasteiger partial charge in [0.2, 0.25) is 5.89 Å². The van der Waals surface area contributed by atoms with Gasteiger partial charge in [-0.3, -0.25) is 0 Å². The van der Waals surface area contributed by atoms with Gasteiger partial charge in [-0.15, -0.1) is 16.7 Å². The van der Waals surface area contributed by atoms with E-state index in [4.69, 9.17) is 39.2 Å². The van der Waals surface area contributed by atoms with E-state index in [0.29, 0.717) is 33.9 Å². The van der Waals surface area contributed by atoms with Crippen molar-refractivity contribution < 1.29 is 4.42 Å². The van der Waals surface area contributed by atoms with E-state index in [1.165, 1.54) is 0 Å². The van der Waals surface area contributed by atoms with Crippen molar-refractivity contribution >= 4 is 46.5 Å². The van der Waals surface area contributed by atoms with Crippen LogP contribution in [-0.2, 0) is 6.42 Å². The number of hydrogen-bond acceptors (Lipinski definition) is 4. The number of aryl methyl sites for hydroxylation is 1. The molecule has 0 aliphatic rings. The highest BCUT2D eigenvalue weighted by Crippen LogP contribution is 2.31. The Balaban J connectivity index is 2.16. The minimum atomic E-state index is 0.259. The molecule has 1 aromatic heterocycles. The summed E-state index contributed by atoms with van der Waals surface area (Å²) >= 11 is 17.4. The number of nitrogens with one attached hydrogen (secondary N) is 1. The summed E-state index contributed by atoms with van der Waals surface area (Å²) in [6.45, 7) is 0. The molecule has 0 saturated carbocycles. The molecule has 4 nitrogen and oxygen atoms in total. The monoisotopic (exact) mass is 291 g/mol. The molecule has 1 heterocycles. The Morgan fingerprint density at radius 2 is 2.06 bits per heavy atom. The van der Waals surface area contributed by atoms with Crippen LogP contribution in [0.15, 0.2) is 22.6 Å². The van der Waals surface area contributed by atoms with Crippen LogP contribution in [0.1, 0.15) is 5.89 Å².